The summed E-state index contributed by atoms with van der Waals surface area (Å²) in [6.45, 7) is 5.79. The van der Waals surface area contributed by atoms with Crippen LogP contribution in [0.15, 0.2) is 24.3 Å². The minimum Gasteiger partial charge on any atom is -0.375 e. The molecule has 0 spiro atoms. The smallest absolute Gasteiger partial charge is 0.0363 e. The molecule has 37 heavy (non-hydrogen) atoms. The van der Waals surface area contributed by atoms with E-state index < -0.39 is 0 Å². The van der Waals surface area contributed by atoms with Gasteiger partial charge < -0.3 is 4.90 Å². The number of unbranched alkanes of at least 4 members (excludes halogenated alkanes) is 23. The van der Waals surface area contributed by atoms with Gasteiger partial charge in [-0.05, 0) is 37.0 Å². The van der Waals surface area contributed by atoms with Gasteiger partial charge >= 0.3 is 0 Å². The molecule has 0 saturated heterocycles. The Kier molecular flexibility index (Phi) is 24.5. The maximum Gasteiger partial charge on any atom is 0.0363 e. The maximum atomic E-state index is 2.44. The number of hydrogen-bond donors (Lipinski definition) is 0. The highest BCUT2D eigenvalue weighted by Crippen LogP contribution is 2.18. The van der Waals surface area contributed by atoms with E-state index in [0.29, 0.717) is 0 Å². The predicted octanol–water partition coefficient (Wildman–Crippen LogP) is 12.5. The molecule has 0 heterocycles. The SMILES string of the molecule is CCCCCCCCCCCCCCCCCCc1ccc(N(C)CCCCCCCCCCC)cc1. The summed E-state index contributed by atoms with van der Waals surface area (Å²) in [6.07, 6.45) is 37.0. The molecule has 0 aliphatic carbocycles. The van der Waals surface area contributed by atoms with E-state index in [0.717, 1.165) is 0 Å². The molecule has 0 N–H and O–H groups in total. The second-order valence-corrected chi connectivity index (χ2v) is 12.0. The lowest BCUT2D eigenvalue weighted by Crippen LogP contribution is -2.18. The molecule has 1 heteroatoms. The molecule has 0 aliphatic rings. The monoisotopic (exact) mass is 514 g/mol. The molecule has 1 aromatic carbocycles. The summed E-state index contributed by atoms with van der Waals surface area (Å²) in [7, 11) is 2.26. The van der Waals surface area contributed by atoms with E-state index >= 15 is 0 Å². The van der Waals surface area contributed by atoms with Crippen molar-refractivity contribution in [1.29, 1.82) is 0 Å². The van der Waals surface area contributed by atoms with Crippen LogP contribution >= 0.6 is 0 Å². The molecule has 0 amide bonds. The summed E-state index contributed by atoms with van der Waals surface area (Å²) in [5.41, 5.74) is 2.90. The van der Waals surface area contributed by atoms with E-state index in [1.54, 1.807) is 0 Å². The van der Waals surface area contributed by atoms with E-state index in [1.165, 1.54) is 185 Å². The third-order valence-electron chi connectivity index (χ3n) is 8.29. The van der Waals surface area contributed by atoms with Gasteiger partial charge in [-0.2, -0.15) is 0 Å². The number of nitrogens with zero attached hydrogens (tertiary/aromatic N) is 1. The Labute approximate surface area is 234 Å². The van der Waals surface area contributed by atoms with Crippen molar-refractivity contribution in [2.24, 2.45) is 0 Å². The predicted molar refractivity (Wildman–Crippen MR) is 170 cm³/mol. The topological polar surface area (TPSA) is 3.24 Å². The lowest BCUT2D eigenvalue weighted by molar-refractivity contribution is 0.529. The summed E-state index contributed by atoms with van der Waals surface area (Å²) in [5.74, 6) is 0. The van der Waals surface area contributed by atoms with Gasteiger partial charge in [0.1, 0.15) is 0 Å². The fourth-order valence-corrected chi connectivity index (χ4v) is 5.58. The average Bonchev–Trinajstić information content (AvgIpc) is 2.92. The highest BCUT2D eigenvalue weighted by Gasteiger charge is 2.02. The zero-order valence-corrected chi connectivity index (χ0v) is 25.8. The van der Waals surface area contributed by atoms with Crippen LogP contribution in [-0.4, -0.2) is 13.6 Å². The summed E-state index contributed by atoms with van der Waals surface area (Å²) in [5, 5.41) is 0. The number of benzene rings is 1. The van der Waals surface area contributed by atoms with Gasteiger partial charge in [0.2, 0.25) is 0 Å². The fourth-order valence-electron chi connectivity index (χ4n) is 5.58. The van der Waals surface area contributed by atoms with Crippen molar-refractivity contribution in [2.75, 3.05) is 18.5 Å². The summed E-state index contributed by atoms with van der Waals surface area (Å²) >= 11 is 0. The Hall–Kier alpha value is -0.980. The summed E-state index contributed by atoms with van der Waals surface area (Å²) < 4.78 is 0. The van der Waals surface area contributed by atoms with Gasteiger partial charge in [0.05, 0.1) is 0 Å². The van der Waals surface area contributed by atoms with Gasteiger partial charge in [0.25, 0.3) is 0 Å². The standard InChI is InChI=1S/C36H67N/c1-4-6-8-10-12-14-15-16-17-18-19-20-21-23-25-27-29-35-30-32-36(33-31-35)37(3)34-28-26-24-22-13-11-9-7-5-2/h30-33H,4-29,34H2,1-3H3. The maximum absolute atomic E-state index is 2.44. The van der Waals surface area contributed by atoms with Gasteiger partial charge in [-0.3, -0.25) is 0 Å². The number of anilines is 1. The molecule has 0 aliphatic heterocycles. The first-order chi connectivity index (χ1) is 18.3. The van der Waals surface area contributed by atoms with Crippen LogP contribution in [0.25, 0.3) is 0 Å². The highest BCUT2D eigenvalue weighted by atomic mass is 15.1. The first-order valence-electron chi connectivity index (χ1n) is 17.1. The van der Waals surface area contributed by atoms with Gasteiger partial charge in [-0.1, -0.05) is 174 Å². The molecule has 1 rings (SSSR count). The lowest BCUT2D eigenvalue weighted by atomic mass is 10.0. The molecule has 216 valence electrons. The van der Waals surface area contributed by atoms with Crippen LogP contribution in [0.1, 0.15) is 180 Å². The molecular weight excluding hydrogens is 446 g/mol. The number of hydrogen-bond acceptors (Lipinski definition) is 1. The molecule has 0 saturated carbocycles. The zero-order valence-electron chi connectivity index (χ0n) is 25.8. The van der Waals surface area contributed by atoms with E-state index in [1.807, 2.05) is 0 Å². The molecular formula is C36H67N. The number of rotatable bonds is 28. The molecule has 1 nitrogen and oxygen atoms in total. The van der Waals surface area contributed by atoms with Gasteiger partial charge in [-0.25, -0.2) is 0 Å². The van der Waals surface area contributed by atoms with Crippen molar-refractivity contribution < 1.29 is 0 Å². The summed E-state index contributed by atoms with van der Waals surface area (Å²) in [4.78, 5) is 2.44. The van der Waals surface area contributed by atoms with Gasteiger partial charge in [0.15, 0.2) is 0 Å². The molecule has 0 radical (unpaired) electrons. The van der Waals surface area contributed by atoms with Gasteiger partial charge in [-0.15, -0.1) is 0 Å². The Balaban J connectivity index is 1.91. The molecule has 0 unspecified atom stereocenters. The largest absolute Gasteiger partial charge is 0.375 e. The van der Waals surface area contributed by atoms with Crippen molar-refractivity contribution in [3.8, 4) is 0 Å². The van der Waals surface area contributed by atoms with Gasteiger partial charge in [0, 0.05) is 19.3 Å². The second-order valence-electron chi connectivity index (χ2n) is 12.0. The van der Waals surface area contributed by atoms with Crippen molar-refractivity contribution in [2.45, 2.75) is 181 Å². The van der Waals surface area contributed by atoms with E-state index in [-0.39, 0.29) is 0 Å². The van der Waals surface area contributed by atoms with Crippen LogP contribution in [0.4, 0.5) is 5.69 Å². The average molecular weight is 514 g/mol. The van der Waals surface area contributed by atoms with E-state index in [2.05, 4.69) is 50.1 Å². The second kappa shape index (κ2) is 26.6. The minimum absolute atomic E-state index is 1.19. The summed E-state index contributed by atoms with van der Waals surface area (Å²) in [6, 6.07) is 9.42. The Morgan fingerprint density at radius 1 is 0.405 bits per heavy atom. The normalized spacial score (nSPS) is 11.3. The van der Waals surface area contributed by atoms with Crippen LogP contribution in [0.2, 0.25) is 0 Å². The molecule has 0 bridgehead atoms. The Morgan fingerprint density at radius 2 is 0.730 bits per heavy atom. The van der Waals surface area contributed by atoms with Crippen molar-refractivity contribution >= 4 is 5.69 Å². The molecule has 0 atom stereocenters. The molecule has 0 fully saturated rings. The minimum atomic E-state index is 1.19. The van der Waals surface area contributed by atoms with Crippen LogP contribution in [0.5, 0.6) is 0 Å². The molecule has 1 aromatic rings. The van der Waals surface area contributed by atoms with Crippen LogP contribution in [-0.2, 0) is 6.42 Å². The first kappa shape index (κ1) is 34.0. The fraction of sp³-hybridized carbons (Fsp3) is 0.833. The first-order valence-corrected chi connectivity index (χ1v) is 17.1. The van der Waals surface area contributed by atoms with E-state index in [4.69, 9.17) is 0 Å². The van der Waals surface area contributed by atoms with Crippen molar-refractivity contribution in [1.82, 2.24) is 0 Å². The zero-order chi connectivity index (χ0) is 26.7. The Morgan fingerprint density at radius 3 is 1.11 bits per heavy atom. The quantitative estimate of drug-likeness (QED) is 0.101. The van der Waals surface area contributed by atoms with Crippen LogP contribution in [0.3, 0.4) is 0 Å². The van der Waals surface area contributed by atoms with Crippen molar-refractivity contribution in [3.05, 3.63) is 29.8 Å². The highest BCUT2D eigenvalue weighted by molar-refractivity contribution is 5.46. The van der Waals surface area contributed by atoms with E-state index in [9.17, 15) is 0 Å². The van der Waals surface area contributed by atoms with Crippen LogP contribution < -0.4 is 4.90 Å². The number of aryl methyl sites for hydroxylation is 1. The van der Waals surface area contributed by atoms with Crippen molar-refractivity contribution in [3.63, 3.8) is 0 Å². The Bertz CT molecular complexity index is 563. The van der Waals surface area contributed by atoms with Crippen LogP contribution in [0, 0.1) is 0 Å². The molecule has 0 aromatic heterocycles. The third kappa shape index (κ3) is 21.6. The lowest BCUT2D eigenvalue weighted by Gasteiger charge is -2.19. The third-order valence-corrected chi connectivity index (χ3v) is 8.29.